The van der Waals surface area contributed by atoms with Crippen LogP contribution in [0.1, 0.15) is 44.9 Å². The standard InChI is InChI=1S/C14H25N5OS/c1-10-17-18-13(19(10)3)21-9-5-4-8-14(2,12(15)20)16-11-6-7-11/h11,16H,4-9H2,1-3H3,(H2,15,20). The summed E-state index contributed by atoms with van der Waals surface area (Å²) in [6.07, 6.45) is 5.11. The molecule has 118 valence electrons. The summed E-state index contributed by atoms with van der Waals surface area (Å²) in [6.45, 7) is 3.87. The Labute approximate surface area is 130 Å². The smallest absolute Gasteiger partial charge is 0.237 e. The van der Waals surface area contributed by atoms with E-state index < -0.39 is 5.54 Å². The van der Waals surface area contributed by atoms with Crippen molar-refractivity contribution in [3.63, 3.8) is 0 Å². The summed E-state index contributed by atoms with van der Waals surface area (Å²) in [5.74, 6) is 1.66. The van der Waals surface area contributed by atoms with Crippen LogP contribution in [0, 0.1) is 6.92 Å². The zero-order valence-electron chi connectivity index (χ0n) is 13.1. The third kappa shape index (κ3) is 4.44. The minimum Gasteiger partial charge on any atom is -0.368 e. The summed E-state index contributed by atoms with van der Waals surface area (Å²) in [5.41, 5.74) is 4.98. The maximum Gasteiger partial charge on any atom is 0.237 e. The number of nitrogens with two attached hydrogens (primary N) is 1. The van der Waals surface area contributed by atoms with E-state index in [4.69, 9.17) is 5.73 Å². The Morgan fingerprint density at radius 2 is 2.19 bits per heavy atom. The largest absolute Gasteiger partial charge is 0.368 e. The van der Waals surface area contributed by atoms with Crippen molar-refractivity contribution < 1.29 is 4.79 Å². The van der Waals surface area contributed by atoms with Crippen LogP contribution < -0.4 is 11.1 Å². The van der Waals surface area contributed by atoms with Crippen molar-refractivity contribution in [2.75, 3.05) is 5.75 Å². The fraction of sp³-hybridized carbons (Fsp3) is 0.786. The number of nitrogens with zero attached hydrogens (tertiary/aromatic N) is 3. The number of hydrogen-bond donors (Lipinski definition) is 2. The number of rotatable bonds is 9. The highest BCUT2D eigenvalue weighted by atomic mass is 32.2. The summed E-state index contributed by atoms with van der Waals surface area (Å²) in [4.78, 5) is 11.7. The van der Waals surface area contributed by atoms with Crippen LogP contribution in [0.25, 0.3) is 0 Å². The highest BCUT2D eigenvalue weighted by Gasteiger charge is 2.36. The Morgan fingerprint density at radius 1 is 1.48 bits per heavy atom. The van der Waals surface area contributed by atoms with E-state index in [9.17, 15) is 4.79 Å². The van der Waals surface area contributed by atoms with Gasteiger partial charge in [0.25, 0.3) is 0 Å². The third-order valence-corrected chi connectivity index (χ3v) is 5.11. The van der Waals surface area contributed by atoms with Gasteiger partial charge in [0, 0.05) is 18.8 Å². The molecule has 1 unspecified atom stereocenters. The first kappa shape index (κ1) is 16.3. The maximum atomic E-state index is 11.7. The molecular formula is C14H25N5OS. The molecule has 1 aliphatic rings. The van der Waals surface area contributed by atoms with Gasteiger partial charge >= 0.3 is 0 Å². The van der Waals surface area contributed by atoms with Crippen LogP contribution in [0.15, 0.2) is 5.16 Å². The van der Waals surface area contributed by atoms with E-state index in [0.29, 0.717) is 6.04 Å². The molecule has 0 spiro atoms. The Balaban J connectivity index is 1.70. The Morgan fingerprint density at radius 3 is 2.71 bits per heavy atom. The van der Waals surface area contributed by atoms with Crippen molar-refractivity contribution in [3.8, 4) is 0 Å². The molecule has 1 fully saturated rings. The molecule has 1 aliphatic carbocycles. The van der Waals surface area contributed by atoms with Crippen LogP contribution in [0.5, 0.6) is 0 Å². The van der Waals surface area contributed by atoms with Crippen molar-refractivity contribution in [3.05, 3.63) is 5.82 Å². The lowest BCUT2D eigenvalue weighted by Gasteiger charge is -2.27. The van der Waals surface area contributed by atoms with Crippen LogP contribution >= 0.6 is 11.8 Å². The number of aryl methyl sites for hydroxylation is 1. The Hall–Kier alpha value is -1.08. The second kappa shape index (κ2) is 6.79. The molecule has 1 aromatic heterocycles. The van der Waals surface area contributed by atoms with Gasteiger partial charge in [-0.2, -0.15) is 0 Å². The minimum atomic E-state index is -0.562. The van der Waals surface area contributed by atoms with Gasteiger partial charge in [-0.15, -0.1) is 10.2 Å². The molecule has 0 radical (unpaired) electrons. The minimum absolute atomic E-state index is 0.244. The van der Waals surface area contributed by atoms with Crippen molar-refractivity contribution in [1.29, 1.82) is 0 Å². The number of carbonyl (C=O) groups is 1. The molecule has 7 heteroatoms. The number of hydrogen-bond acceptors (Lipinski definition) is 5. The molecule has 1 aromatic rings. The number of carbonyl (C=O) groups excluding carboxylic acids is 1. The number of thioether (sulfide) groups is 1. The van der Waals surface area contributed by atoms with Crippen LogP contribution in [0.3, 0.4) is 0 Å². The number of aromatic nitrogens is 3. The van der Waals surface area contributed by atoms with E-state index in [1.165, 1.54) is 0 Å². The van der Waals surface area contributed by atoms with Crippen molar-refractivity contribution >= 4 is 17.7 Å². The van der Waals surface area contributed by atoms with Crippen molar-refractivity contribution in [2.45, 2.75) is 62.7 Å². The summed E-state index contributed by atoms with van der Waals surface area (Å²) in [7, 11) is 1.97. The molecule has 1 atom stereocenters. The van der Waals surface area contributed by atoms with E-state index in [-0.39, 0.29) is 5.91 Å². The second-order valence-corrected chi connectivity index (χ2v) is 7.07. The van der Waals surface area contributed by atoms with Crippen molar-refractivity contribution in [2.24, 2.45) is 12.8 Å². The van der Waals surface area contributed by atoms with Crippen LogP contribution in [0.4, 0.5) is 0 Å². The topological polar surface area (TPSA) is 85.8 Å². The molecule has 1 amide bonds. The quantitative estimate of drug-likeness (QED) is 0.531. The third-order valence-electron chi connectivity index (χ3n) is 4.00. The maximum absolute atomic E-state index is 11.7. The van der Waals surface area contributed by atoms with Gasteiger partial charge in [0.15, 0.2) is 5.16 Å². The molecule has 0 saturated heterocycles. The molecule has 6 nitrogen and oxygen atoms in total. The summed E-state index contributed by atoms with van der Waals surface area (Å²) in [6, 6.07) is 0.485. The van der Waals surface area contributed by atoms with Crippen LogP contribution in [-0.4, -0.2) is 38.0 Å². The van der Waals surface area contributed by atoms with Crippen LogP contribution in [-0.2, 0) is 11.8 Å². The van der Waals surface area contributed by atoms with E-state index >= 15 is 0 Å². The first-order chi connectivity index (χ1) is 9.92. The summed E-state index contributed by atoms with van der Waals surface area (Å²) < 4.78 is 1.99. The van der Waals surface area contributed by atoms with E-state index in [1.54, 1.807) is 11.8 Å². The lowest BCUT2D eigenvalue weighted by molar-refractivity contribution is -0.124. The Bertz CT molecular complexity index is 500. The van der Waals surface area contributed by atoms with Crippen LogP contribution in [0.2, 0.25) is 0 Å². The molecule has 1 heterocycles. The lowest BCUT2D eigenvalue weighted by atomic mass is 9.94. The first-order valence-electron chi connectivity index (χ1n) is 7.49. The van der Waals surface area contributed by atoms with Crippen molar-refractivity contribution in [1.82, 2.24) is 20.1 Å². The van der Waals surface area contributed by atoms with Gasteiger partial charge in [0.2, 0.25) is 5.91 Å². The molecule has 2 rings (SSSR count). The highest BCUT2D eigenvalue weighted by molar-refractivity contribution is 7.99. The molecule has 1 saturated carbocycles. The SMILES string of the molecule is Cc1nnc(SCCCCC(C)(NC2CC2)C(N)=O)n1C. The summed E-state index contributed by atoms with van der Waals surface area (Å²) >= 11 is 1.71. The van der Waals surface area contributed by atoms with Gasteiger partial charge in [-0.05, 0) is 39.5 Å². The fourth-order valence-corrected chi connectivity index (χ4v) is 3.16. The lowest BCUT2D eigenvalue weighted by Crippen LogP contribution is -2.53. The molecular weight excluding hydrogens is 286 g/mol. The predicted molar refractivity (Wildman–Crippen MR) is 84.1 cm³/mol. The zero-order valence-corrected chi connectivity index (χ0v) is 13.9. The summed E-state index contributed by atoms with van der Waals surface area (Å²) in [5, 5.41) is 12.5. The van der Waals surface area contributed by atoms with E-state index in [0.717, 1.165) is 48.8 Å². The van der Waals surface area contributed by atoms with Gasteiger partial charge in [-0.25, -0.2) is 0 Å². The number of unbranched alkanes of at least 4 members (excludes halogenated alkanes) is 1. The van der Waals surface area contributed by atoms with E-state index in [2.05, 4.69) is 15.5 Å². The number of primary amides is 1. The van der Waals surface area contributed by atoms with Gasteiger partial charge in [-0.3, -0.25) is 4.79 Å². The molecule has 0 aromatic carbocycles. The fourth-order valence-electron chi connectivity index (χ4n) is 2.20. The number of amides is 1. The molecule has 3 N–H and O–H groups in total. The normalized spacial score (nSPS) is 17.7. The number of nitrogens with one attached hydrogen (secondary N) is 1. The average Bonchev–Trinajstić information content (AvgIpc) is 3.18. The van der Waals surface area contributed by atoms with Gasteiger partial charge in [0.05, 0.1) is 5.54 Å². The molecule has 0 aliphatic heterocycles. The second-order valence-electron chi connectivity index (χ2n) is 6.01. The monoisotopic (exact) mass is 311 g/mol. The highest BCUT2D eigenvalue weighted by Crippen LogP contribution is 2.25. The van der Waals surface area contributed by atoms with Gasteiger partial charge in [0.1, 0.15) is 5.82 Å². The van der Waals surface area contributed by atoms with E-state index in [1.807, 2.05) is 25.5 Å². The molecule has 0 bridgehead atoms. The van der Waals surface area contributed by atoms with Gasteiger partial charge in [-0.1, -0.05) is 18.2 Å². The molecule has 21 heavy (non-hydrogen) atoms. The first-order valence-corrected chi connectivity index (χ1v) is 8.47. The van der Waals surface area contributed by atoms with Gasteiger partial charge < -0.3 is 15.6 Å². The predicted octanol–water partition coefficient (Wildman–Crippen LogP) is 1.38. The zero-order chi connectivity index (χ0) is 15.5. The Kier molecular flexibility index (Phi) is 5.27. The average molecular weight is 311 g/mol.